The van der Waals surface area contributed by atoms with Crippen LogP contribution in [0.3, 0.4) is 0 Å². The number of aliphatic carboxylic acids is 1. The molecule has 1 N–H and O–H groups in total. The Morgan fingerprint density at radius 1 is 1.37 bits per heavy atom. The lowest BCUT2D eigenvalue weighted by Gasteiger charge is -2.49. The quantitative estimate of drug-likeness (QED) is 0.870. The lowest BCUT2D eigenvalue weighted by Crippen LogP contribution is -2.67. The third kappa shape index (κ3) is 2.40. The van der Waals surface area contributed by atoms with Gasteiger partial charge in [0.05, 0.1) is 6.42 Å². The van der Waals surface area contributed by atoms with Gasteiger partial charge in [0.1, 0.15) is 5.54 Å². The predicted molar refractivity (Wildman–Crippen MR) is 55.1 cm³/mol. The minimum Gasteiger partial charge on any atom is -0.481 e. The van der Waals surface area contributed by atoms with Crippen LogP contribution in [-0.4, -0.2) is 50.9 Å². The van der Waals surface area contributed by atoms with Crippen LogP contribution in [0.5, 0.6) is 0 Å². The number of carboxylic acid groups (broad SMARTS) is 1. The molecule has 9 heteroatoms. The topological polar surface area (TPSA) is 75.4 Å². The fraction of sp³-hybridized carbons (Fsp3) is 0.500. The van der Waals surface area contributed by atoms with Crippen LogP contribution in [0, 0.1) is 0 Å². The Balaban J connectivity index is 2.15. The number of amides is 1. The minimum atomic E-state index is -4.94. The minimum absolute atomic E-state index is 0.320. The fourth-order valence-electron chi connectivity index (χ4n) is 2.16. The van der Waals surface area contributed by atoms with Gasteiger partial charge in [-0.1, -0.05) is 0 Å². The highest BCUT2D eigenvalue weighted by atomic mass is 19.4. The molecule has 1 amide bonds. The highest BCUT2D eigenvalue weighted by molar-refractivity contribution is 5.83. The zero-order valence-electron chi connectivity index (χ0n) is 9.59. The second-order valence-electron chi connectivity index (χ2n) is 4.40. The van der Waals surface area contributed by atoms with Crippen molar-refractivity contribution in [1.29, 1.82) is 0 Å². The number of carbonyl (C=O) groups excluding carboxylic acids is 1. The van der Waals surface area contributed by atoms with Crippen LogP contribution in [0.4, 0.5) is 13.2 Å². The number of alkyl halides is 3. The first-order valence-corrected chi connectivity index (χ1v) is 5.33. The van der Waals surface area contributed by atoms with Crippen molar-refractivity contribution >= 4 is 11.9 Å². The molecule has 0 spiro atoms. The van der Waals surface area contributed by atoms with E-state index in [9.17, 15) is 22.8 Å². The molecule has 1 fully saturated rings. The van der Waals surface area contributed by atoms with Crippen molar-refractivity contribution in [3.05, 3.63) is 18.5 Å². The third-order valence-electron chi connectivity index (χ3n) is 2.97. The maximum atomic E-state index is 12.2. The summed E-state index contributed by atoms with van der Waals surface area (Å²) in [6, 6.07) is 1.54. The molecule has 2 rings (SSSR count). The highest BCUT2D eigenvalue weighted by Crippen LogP contribution is 2.34. The van der Waals surface area contributed by atoms with Crippen molar-refractivity contribution in [2.24, 2.45) is 0 Å². The molecule has 0 aromatic carbocycles. The summed E-state index contributed by atoms with van der Waals surface area (Å²) in [5.41, 5.74) is -1.10. The van der Waals surface area contributed by atoms with Crippen molar-refractivity contribution in [3.63, 3.8) is 0 Å². The molecule has 0 atom stereocenters. The number of carbonyl (C=O) groups is 2. The molecule has 1 aliphatic rings. The number of hydrogen-bond donors (Lipinski definition) is 1. The molecule has 0 aliphatic carbocycles. The van der Waals surface area contributed by atoms with Gasteiger partial charge < -0.3 is 10.0 Å². The molecule has 1 aromatic heterocycles. The van der Waals surface area contributed by atoms with E-state index in [1.165, 1.54) is 23.1 Å². The number of hydrogen-bond acceptors (Lipinski definition) is 3. The van der Waals surface area contributed by atoms with Crippen LogP contribution < -0.4 is 0 Å². The number of rotatable bonds is 3. The average Bonchev–Trinajstić information content (AvgIpc) is 2.73. The second-order valence-corrected chi connectivity index (χ2v) is 4.40. The summed E-state index contributed by atoms with van der Waals surface area (Å²) in [7, 11) is 0. The first-order valence-electron chi connectivity index (χ1n) is 5.33. The molecule has 0 saturated carbocycles. The molecule has 1 aliphatic heterocycles. The summed E-state index contributed by atoms with van der Waals surface area (Å²) >= 11 is 0. The van der Waals surface area contributed by atoms with Gasteiger partial charge in [0, 0.05) is 25.5 Å². The summed E-state index contributed by atoms with van der Waals surface area (Å²) < 4.78 is 38.0. The SMILES string of the molecule is O=C(O)CC1(n2cccn2)CN(C(=O)C(F)(F)F)C1. The molecule has 0 bridgehead atoms. The van der Waals surface area contributed by atoms with Gasteiger partial charge in [-0.3, -0.25) is 14.3 Å². The lowest BCUT2D eigenvalue weighted by molar-refractivity contribution is -0.196. The molecule has 0 radical (unpaired) electrons. The third-order valence-corrected chi connectivity index (χ3v) is 2.97. The van der Waals surface area contributed by atoms with Gasteiger partial charge in [0.15, 0.2) is 0 Å². The van der Waals surface area contributed by atoms with Gasteiger partial charge in [-0.05, 0) is 6.07 Å². The zero-order valence-corrected chi connectivity index (χ0v) is 9.59. The van der Waals surface area contributed by atoms with Crippen molar-refractivity contribution < 1.29 is 27.9 Å². The van der Waals surface area contributed by atoms with E-state index in [-0.39, 0.29) is 13.1 Å². The molecular formula is C10H10F3N3O3. The Bertz CT molecular complexity index is 492. The number of likely N-dealkylation sites (tertiary alicyclic amines) is 1. The summed E-state index contributed by atoms with van der Waals surface area (Å²) in [5.74, 6) is -3.12. The standard InChI is InChI=1S/C10H10F3N3O3/c11-10(12,13)8(19)15-5-9(6-15,4-7(17)18)16-3-1-2-14-16/h1-3H,4-6H2,(H,17,18). The second kappa shape index (κ2) is 4.25. The van der Waals surface area contributed by atoms with Crippen molar-refractivity contribution in [1.82, 2.24) is 14.7 Å². The van der Waals surface area contributed by atoms with E-state index in [1.54, 1.807) is 0 Å². The molecule has 1 saturated heterocycles. The van der Waals surface area contributed by atoms with E-state index in [4.69, 9.17) is 5.11 Å². The van der Waals surface area contributed by atoms with E-state index in [0.29, 0.717) is 4.90 Å². The normalized spacial score (nSPS) is 17.9. The number of nitrogens with zero attached hydrogens (tertiary/aromatic N) is 3. The van der Waals surface area contributed by atoms with Gasteiger partial charge in [-0.25, -0.2) is 0 Å². The van der Waals surface area contributed by atoms with E-state index in [2.05, 4.69) is 5.10 Å². The maximum absolute atomic E-state index is 12.2. The monoisotopic (exact) mass is 277 g/mol. The Morgan fingerprint density at radius 2 is 2.00 bits per heavy atom. The summed E-state index contributed by atoms with van der Waals surface area (Å²) in [6.45, 7) is -0.640. The fourth-order valence-corrected chi connectivity index (χ4v) is 2.16. The van der Waals surface area contributed by atoms with Gasteiger partial charge >= 0.3 is 18.1 Å². The van der Waals surface area contributed by atoms with E-state index in [1.807, 2.05) is 0 Å². The van der Waals surface area contributed by atoms with Crippen LogP contribution in [0.25, 0.3) is 0 Å². The number of halogens is 3. The smallest absolute Gasteiger partial charge is 0.471 e. The van der Waals surface area contributed by atoms with Gasteiger partial charge in [-0.15, -0.1) is 0 Å². The molecular weight excluding hydrogens is 267 g/mol. The van der Waals surface area contributed by atoms with Crippen LogP contribution in [0.15, 0.2) is 18.5 Å². The summed E-state index contributed by atoms with van der Waals surface area (Å²) in [5, 5.41) is 12.7. The van der Waals surface area contributed by atoms with Crippen LogP contribution in [-0.2, 0) is 15.1 Å². The van der Waals surface area contributed by atoms with Crippen molar-refractivity contribution in [2.45, 2.75) is 18.1 Å². The Kier molecular flexibility index (Phi) is 2.99. The van der Waals surface area contributed by atoms with Gasteiger partial charge in [0.2, 0.25) is 0 Å². The van der Waals surface area contributed by atoms with Crippen molar-refractivity contribution in [2.75, 3.05) is 13.1 Å². The van der Waals surface area contributed by atoms with Gasteiger partial charge in [-0.2, -0.15) is 18.3 Å². The Hall–Kier alpha value is -2.06. The lowest BCUT2D eigenvalue weighted by atomic mass is 9.86. The van der Waals surface area contributed by atoms with Crippen LogP contribution in [0.1, 0.15) is 6.42 Å². The largest absolute Gasteiger partial charge is 0.481 e. The molecule has 0 unspecified atom stereocenters. The number of carboxylic acids is 1. The average molecular weight is 277 g/mol. The van der Waals surface area contributed by atoms with Crippen LogP contribution >= 0.6 is 0 Å². The molecule has 1 aromatic rings. The van der Waals surface area contributed by atoms with E-state index >= 15 is 0 Å². The Labute approximate surface area is 105 Å². The van der Waals surface area contributed by atoms with E-state index in [0.717, 1.165) is 0 Å². The predicted octanol–water partition coefficient (Wildman–Crippen LogP) is 0.458. The molecule has 6 nitrogen and oxygen atoms in total. The van der Waals surface area contributed by atoms with Crippen molar-refractivity contribution in [3.8, 4) is 0 Å². The molecule has 19 heavy (non-hydrogen) atoms. The number of aromatic nitrogens is 2. The summed E-state index contributed by atoms with van der Waals surface area (Å²) in [4.78, 5) is 22.4. The van der Waals surface area contributed by atoms with Gasteiger partial charge in [0.25, 0.3) is 0 Å². The van der Waals surface area contributed by atoms with Crippen LogP contribution in [0.2, 0.25) is 0 Å². The van der Waals surface area contributed by atoms with E-state index < -0.39 is 30.0 Å². The first-order chi connectivity index (χ1) is 8.74. The zero-order chi connectivity index (χ0) is 14.3. The highest BCUT2D eigenvalue weighted by Gasteiger charge is 2.54. The summed E-state index contributed by atoms with van der Waals surface area (Å²) in [6.07, 6.45) is -2.47. The molecule has 104 valence electrons. The Morgan fingerprint density at radius 3 is 2.42 bits per heavy atom. The maximum Gasteiger partial charge on any atom is 0.471 e. The first kappa shape index (κ1) is 13.4. The molecule has 2 heterocycles.